The normalized spacial score (nSPS) is 29.4. The lowest BCUT2D eigenvalue weighted by Crippen LogP contribution is -2.58. The van der Waals surface area contributed by atoms with E-state index in [1.807, 2.05) is 0 Å². The van der Waals surface area contributed by atoms with Crippen LogP contribution in [0.25, 0.3) is 0 Å². The van der Waals surface area contributed by atoms with Gasteiger partial charge in [0.1, 0.15) is 0 Å². The molecule has 2 saturated heterocycles. The number of nitrogens with zero attached hydrogens (tertiary/aromatic N) is 1. The number of benzene rings is 1. The van der Waals surface area contributed by atoms with Gasteiger partial charge in [-0.1, -0.05) is 30.3 Å². The monoisotopic (exact) mass is 274 g/mol. The van der Waals surface area contributed by atoms with Gasteiger partial charge in [-0.25, -0.2) is 0 Å². The van der Waals surface area contributed by atoms with Crippen molar-refractivity contribution in [3.8, 4) is 0 Å². The van der Waals surface area contributed by atoms with Crippen molar-refractivity contribution in [2.24, 2.45) is 5.92 Å². The first-order chi connectivity index (χ1) is 9.79. The summed E-state index contributed by atoms with van der Waals surface area (Å²) in [6.07, 6.45) is 2.43. The maximum absolute atomic E-state index is 5.49. The molecule has 0 aliphatic carbocycles. The van der Waals surface area contributed by atoms with E-state index in [9.17, 15) is 0 Å². The number of nitrogens with one attached hydrogen (secondary N) is 1. The van der Waals surface area contributed by atoms with E-state index >= 15 is 0 Å². The van der Waals surface area contributed by atoms with E-state index in [-0.39, 0.29) is 5.54 Å². The van der Waals surface area contributed by atoms with Crippen molar-refractivity contribution in [2.75, 3.05) is 39.4 Å². The molecule has 20 heavy (non-hydrogen) atoms. The Labute approximate surface area is 122 Å². The molecule has 0 spiro atoms. The van der Waals surface area contributed by atoms with Crippen molar-refractivity contribution in [1.82, 2.24) is 10.2 Å². The first kappa shape index (κ1) is 14.1. The van der Waals surface area contributed by atoms with Gasteiger partial charge in [0.2, 0.25) is 0 Å². The van der Waals surface area contributed by atoms with Gasteiger partial charge < -0.3 is 10.1 Å². The molecule has 1 aromatic rings. The molecule has 0 radical (unpaired) electrons. The van der Waals surface area contributed by atoms with Gasteiger partial charge in [0.15, 0.2) is 0 Å². The zero-order valence-corrected chi connectivity index (χ0v) is 12.5. The average molecular weight is 274 g/mol. The molecule has 2 aliphatic rings. The predicted octanol–water partition coefficient (Wildman–Crippen LogP) is 2.23. The van der Waals surface area contributed by atoms with Crippen LogP contribution in [-0.4, -0.2) is 44.3 Å². The van der Waals surface area contributed by atoms with E-state index < -0.39 is 0 Å². The summed E-state index contributed by atoms with van der Waals surface area (Å²) in [6.45, 7) is 8.76. The third-order valence-corrected chi connectivity index (χ3v) is 4.94. The standard InChI is InChI=1S/C17H26N2O/c1-17(16-5-3-2-4-6-16)14-18-9-10-19(17)13-15-7-11-20-12-8-15/h2-6,15,18H,7-14H2,1H3. The highest BCUT2D eigenvalue weighted by molar-refractivity contribution is 5.25. The van der Waals surface area contributed by atoms with Crippen molar-refractivity contribution >= 4 is 0 Å². The SMILES string of the molecule is CC1(c2ccccc2)CNCCN1CC1CCOCC1. The summed E-state index contributed by atoms with van der Waals surface area (Å²) in [6, 6.07) is 10.9. The van der Waals surface area contributed by atoms with Crippen LogP contribution in [0.4, 0.5) is 0 Å². The van der Waals surface area contributed by atoms with E-state index in [1.165, 1.54) is 24.9 Å². The second-order valence-corrected chi connectivity index (χ2v) is 6.32. The zero-order chi connectivity index (χ0) is 13.8. The largest absolute Gasteiger partial charge is 0.381 e. The first-order valence-corrected chi connectivity index (χ1v) is 7.88. The quantitative estimate of drug-likeness (QED) is 0.915. The van der Waals surface area contributed by atoms with E-state index in [2.05, 4.69) is 47.5 Å². The van der Waals surface area contributed by atoms with Gasteiger partial charge in [-0.2, -0.15) is 0 Å². The van der Waals surface area contributed by atoms with Crippen LogP contribution < -0.4 is 5.32 Å². The Hall–Kier alpha value is -0.900. The molecule has 3 nitrogen and oxygen atoms in total. The highest BCUT2D eigenvalue weighted by Crippen LogP contribution is 2.31. The van der Waals surface area contributed by atoms with E-state index in [4.69, 9.17) is 4.74 Å². The summed E-state index contributed by atoms with van der Waals surface area (Å²) in [4.78, 5) is 2.69. The summed E-state index contributed by atoms with van der Waals surface area (Å²) in [5.41, 5.74) is 1.55. The number of piperazine rings is 1. The third-order valence-electron chi connectivity index (χ3n) is 4.94. The Morgan fingerprint density at radius 3 is 2.75 bits per heavy atom. The third kappa shape index (κ3) is 2.90. The highest BCUT2D eigenvalue weighted by Gasteiger charge is 2.36. The lowest BCUT2D eigenvalue weighted by molar-refractivity contribution is 0.0142. The number of ether oxygens (including phenoxy) is 1. The molecule has 0 aromatic heterocycles. The van der Waals surface area contributed by atoms with Crippen molar-refractivity contribution in [1.29, 1.82) is 0 Å². The van der Waals surface area contributed by atoms with E-state index in [0.717, 1.165) is 38.8 Å². The van der Waals surface area contributed by atoms with Crippen LogP contribution in [0.1, 0.15) is 25.3 Å². The lowest BCUT2D eigenvalue weighted by Gasteiger charge is -2.47. The van der Waals surface area contributed by atoms with Crippen molar-refractivity contribution in [3.63, 3.8) is 0 Å². The molecule has 110 valence electrons. The van der Waals surface area contributed by atoms with Crippen LogP contribution in [0.5, 0.6) is 0 Å². The van der Waals surface area contributed by atoms with Gasteiger partial charge in [0, 0.05) is 39.4 Å². The van der Waals surface area contributed by atoms with Crippen molar-refractivity contribution < 1.29 is 4.74 Å². The Balaban J connectivity index is 1.76. The van der Waals surface area contributed by atoms with Crippen LogP contribution in [-0.2, 0) is 10.3 Å². The molecule has 1 unspecified atom stereocenters. The zero-order valence-electron chi connectivity index (χ0n) is 12.5. The minimum Gasteiger partial charge on any atom is -0.381 e. The first-order valence-electron chi connectivity index (χ1n) is 7.88. The molecule has 0 saturated carbocycles. The molecule has 1 atom stereocenters. The average Bonchev–Trinajstić information content (AvgIpc) is 2.52. The molecule has 3 heteroatoms. The number of rotatable bonds is 3. The van der Waals surface area contributed by atoms with E-state index in [1.54, 1.807) is 0 Å². The summed E-state index contributed by atoms with van der Waals surface area (Å²) in [5.74, 6) is 0.796. The highest BCUT2D eigenvalue weighted by atomic mass is 16.5. The lowest BCUT2D eigenvalue weighted by atomic mass is 9.86. The predicted molar refractivity (Wildman–Crippen MR) is 81.8 cm³/mol. The molecule has 0 amide bonds. The van der Waals surface area contributed by atoms with E-state index in [0.29, 0.717) is 0 Å². The van der Waals surface area contributed by atoms with Crippen LogP contribution in [0.15, 0.2) is 30.3 Å². The van der Waals surface area contributed by atoms with Gasteiger partial charge in [-0.3, -0.25) is 4.90 Å². The molecule has 2 heterocycles. The maximum atomic E-state index is 5.49. The molecular formula is C17H26N2O. The topological polar surface area (TPSA) is 24.5 Å². The van der Waals surface area contributed by atoms with Gasteiger partial charge in [0.05, 0.1) is 5.54 Å². The fourth-order valence-corrected chi connectivity index (χ4v) is 3.52. The second-order valence-electron chi connectivity index (χ2n) is 6.32. The van der Waals surface area contributed by atoms with Crippen LogP contribution in [0.2, 0.25) is 0 Å². The number of hydrogen-bond acceptors (Lipinski definition) is 3. The molecular weight excluding hydrogens is 248 g/mol. The Morgan fingerprint density at radius 1 is 1.25 bits per heavy atom. The minimum atomic E-state index is 0.123. The molecule has 2 fully saturated rings. The summed E-state index contributed by atoms with van der Waals surface area (Å²) >= 11 is 0. The van der Waals surface area contributed by atoms with Gasteiger partial charge >= 0.3 is 0 Å². The summed E-state index contributed by atoms with van der Waals surface area (Å²) < 4.78 is 5.49. The molecule has 0 bridgehead atoms. The Kier molecular flexibility index (Phi) is 4.39. The molecule has 1 N–H and O–H groups in total. The Bertz CT molecular complexity index is 416. The molecule has 3 rings (SSSR count). The molecule has 2 aliphatic heterocycles. The fourth-order valence-electron chi connectivity index (χ4n) is 3.52. The molecule has 1 aromatic carbocycles. The summed E-state index contributed by atoms with van der Waals surface area (Å²) in [7, 11) is 0. The van der Waals surface area contributed by atoms with Gasteiger partial charge in [-0.15, -0.1) is 0 Å². The smallest absolute Gasteiger partial charge is 0.0557 e. The second kappa shape index (κ2) is 6.25. The van der Waals surface area contributed by atoms with Gasteiger partial charge in [-0.05, 0) is 31.2 Å². The fraction of sp³-hybridized carbons (Fsp3) is 0.647. The van der Waals surface area contributed by atoms with Crippen LogP contribution in [0, 0.1) is 5.92 Å². The minimum absolute atomic E-state index is 0.123. The van der Waals surface area contributed by atoms with Crippen molar-refractivity contribution in [3.05, 3.63) is 35.9 Å². The van der Waals surface area contributed by atoms with Crippen LogP contribution >= 0.6 is 0 Å². The Morgan fingerprint density at radius 2 is 2.00 bits per heavy atom. The van der Waals surface area contributed by atoms with Crippen LogP contribution in [0.3, 0.4) is 0 Å². The van der Waals surface area contributed by atoms with Gasteiger partial charge in [0.25, 0.3) is 0 Å². The number of hydrogen-bond donors (Lipinski definition) is 1. The summed E-state index contributed by atoms with van der Waals surface area (Å²) in [5, 5.41) is 3.57. The maximum Gasteiger partial charge on any atom is 0.0557 e. The van der Waals surface area contributed by atoms with Crippen molar-refractivity contribution in [2.45, 2.75) is 25.3 Å².